The summed E-state index contributed by atoms with van der Waals surface area (Å²) in [5.74, 6) is 0. The van der Waals surface area contributed by atoms with Crippen LogP contribution in [0.25, 0.3) is 21.9 Å². The van der Waals surface area contributed by atoms with E-state index in [9.17, 15) is 9.13 Å². The first-order valence-electron chi connectivity index (χ1n) is 11.3. The lowest BCUT2D eigenvalue weighted by Crippen LogP contribution is -2.19. The van der Waals surface area contributed by atoms with Crippen LogP contribution in [0.5, 0.6) is 0 Å². The number of fused-ring (bicyclic) bond motifs is 1. The fraction of sp³-hybridized carbons (Fsp3) is 0.375. The van der Waals surface area contributed by atoms with E-state index in [1.807, 2.05) is 60.7 Å². The molecule has 0 saturated carbocycles. The second kappa shape index (κ2) is 12.4. The molecule has 34 heavy (non-hydrogen) atoms. The molecule has 184 valence electrons. The smallest absolute Gasteiger partial charge is 0.308 e. The minimum Gasteiger partial charge on any atom is -0.308 e. The van der Waals surface area contributed by atoms with Crippen LogP contribution in [0.15, 0.2) is 54.6 Å². The molecule has 10 heteroatoms. The molecule has 0 aliphatic rings. The highest BCUT2D eigenvalue weighted by Gasteiger charge is 2.54. The zero-order valence-corrected chi connectivity index (χ0v) is 22.5. The molecule has 0 unspecified atom stereocenters. The van der Waals surface area contributed by atoms with E-state index in [0.29, 0.717) is 10.6 Å². The Morgan fingerprint density at radius 1 is 0.824 bits per heavy atom. The number of hydrogen-bond acceptors (Lipinski definition) is 8. The average Bonchev–Trinajstić information content (AvgIpc) is 3.24. The van der Waals surface area contributed by atoms with Gasteiger partial charge in [-0.1, -0.05) is 42.5 Å². The molecule has 0 spiro atoms. The Kier molecular flexibility index (Phi) is 9.81. The van der Waals surface area contributed by atoms with E-state index in [2.05, 4.69) is 0 Å². The monoisotopic (exact) mass is 523 g/mol. The molecule has 0 N–H and O–H groups in total. The second-order valence-corrected chi connectivity index (χ2v) is 12.8. The van der Waals surface area contributed by atoms with Gasteiger partial charge in [0.05, 0.1) is 36.6 Å². The summed E-state index contributed by atoms with van der Waals surface area (Å²) in [6, 6.07) is 17.2. The highest BCUT2D eigenvalue weighted by molar-refractivity contribution is 7.73. The van der Waals surface area contributed by atoms with Crippen molar-refractivity contribution in [2.75, 3.05) is 26.4 Å². The van der Waals surface area contributed by atoms with Crippen molar-refractivity contribution >= 4 is 48.4 Å². The van der Waals surface area contributed by atoms with Gasteiger partial charge in [-0.3, -0.25) is 9.13 Å². The van der Waals surface area contributed by atoms with Crippen LogP contribution in [0.2, 0.25) is 0 Å². The first-order valence-corrected chi connectivity index (χ1v) is 15.3. The summed E-state index contributed by atoms with van der Waals surface area (Å²) in [6.07, 6.45) is 1.82. The lowest BCUT2D eigenvalue weighted by atomic mass is 10.1. The van der Waals surface area contributed by atoms with E-state index in [4.69, 9.17) is 23.1 Å². The number of hydrogen-bond donors (Lipinski definition) is 0. The average molecular weight is 524 g/mol. The lowest BCUT2D eigenvalue weighted by molar-refractivity contribution is 0.201. The maximum Gasteiger partial charge on any atom is 0.350 e. The third kappa shape index (κ3) is 6.13. The van der Waals surface area contributed by atoms with E-state index >= 15 is 0 Å². The van der Waals surface area contributed by atoms with Crippen LogP contribution in [-0.4, -0.2) is 36.8 Å². The Morgan fingerprint density at radius 3 is 1.82 bits per heavy atom. The van der Waals surface area contributed by atoms with Gasteiger partial charge in [0, 0.05) is 5.57 Å². The van der Waals surface area contributed by atoms with Gasteiger partial charge in [0.25, 0.3) is 0 Å². The molecule has 0 aliphatic carbocycles. The third-order valence-electron chi connectivity index (χ3n) is 4.78. The molecule has 2 aromatic carbocycles. The predicted molar refractivity (Wildman–Crippen MR) is 139 cm³/mol. The van der Waals surface area contributed by atoms with Crippen molar-refractivity contribution in [3.8, 4) is 0 Å². The molecule has 0 aliphatic heterocycles. The molecular formula is C24H31NO6P2S. The van der Waals surface area contributed by atoms with Crippen LogP contribution in [0.4, 0.5) is 0 Å². The Hall–Kier alpha value is -1.63. The summed E-state index contributed by atoms with van der Waals surface area (Å²) in [5, 5.41) is -0.769. The van der Waals surface area contributed by atoms with Crippen LogP contribution in [0.3, 0.4) is 0 Å². The van der Waals surface area contributed by atoms with Crippen LogP contribution in [0, 0.1) is 0 Å². The van der Waals surface area contributed by atoms with E-state index < -0.39 is 20.6 Å². The summed E-state index contributed by atoms with van der Waals surface area (Å²) in [5.41, 5.74) is 2.04. The van der Waals surface area contributed by atoms with Crippen LogP contribution in [-0.2, 0) is 27.2 Å². The topological polar surface area (TPSA) is 84.0 Å². The minimum atomic E-state index is -4.03. The summed E-state index contributed by atoms with van der Waals surface area (Å²) in [6.45, 7) is 7.27. The van der Waals surface area contributed by atoms with Crippen molar-refractivity contribution in [2.24, 2.45) is 0 Å². The molecule has 1 aromatic heterocycles. The maximum absolute atomic E-state index is 14.3. The fourth-order valence-electron chi connectivity index (χ4n) is 3.56. The van der Waals surface area contributed by atoms with Gasteiger partial charge >= 0.3 is 15.2 Å². The highest BCUT2D eigenvalue weighted by atomic mass is 32.1. The van der Waals surface area contributed by atoms with E-state index in [-0.39, 0.29) is 26.4 Å². The van der Waals surface area contributed by atoms with Crippen molar-refractivity contribution in [2.45, 2.75) is 33.1 Å². The first-order chi connectivity index (χ1) is 16.4. The second-order valence-electron chi connectivity index (χ2n) is 7.12. The number of nitrogens with zero attached hydrogens (tertiary/aromatic N) is 1. The first kappa shape index (κ1) is 27.0. The van der Waals surface area contributed by atoms with Gasteiger partial charge in [0.1, 0.15) is 5.01 Å². The number of allylic oxidation sites excluding steroid dienone is 1. The molecule has 0 saturated heterocycles. The van der Waals surface area contributed by atoms with Gasteiger partial charge in [0.15, 0.2) is 5.40 Å². The number of para-hydroxylation sites is 1. The number of benzene rings is 2. The van der Waals surface area contributed by atoms with Gasteiger partial charge in [-0.2, -0.15) is 0 Å². The largest absolute Gasteiger partial charge is 0.350 e. The van der Waals surface area contributed by atoms with Gasteiger partial charge < -0.3 is 18.1 Å². The molecule has 0 fully saturated rings. The zero-order chi connectivity index (χ0) is 24.6. The van der Waals surface area contributed by atoms with E-state index in [1.54, 1.807) is 27.7 Å². The number of thiazole rings is 1. The molecule has 1 heterocycles. The van der Waals surface area contributed by atoms with Crippen molar-refractivity contribution in [3.63, 3.8) is 0 Å². The summed E-state index contributed by atoms with van der Waals surface area (Å²) >= 11 is 1.41. The van der Waals surface area contributed by atoms with Crippen molar-refractivity contribution < 1.29 is 27.2 Å². The summed E-state index contributed by atoms with van der Waals surface area (Å²) < 4.78 is 52.4. The Bertz CT molecular complexity index is 1110. The molecule has 0 bridgehead atoms. The quantitative estimate of drug-likeness (QED) is 0.212. The van der Waals surface area contributed by atoms with Crippen molar-refractivity contribution in [1.82, 2.24) is 4.98 Å². The van der Waals surface area contributed by atoms with Crippen LogP contribution >= 0.6 is 26.5 Å². The molecule has 0 radical (unpaired) electrons. The van der Waals surface area contributed by atoms with Crippen LogP contribution < -0.4 is 0 Å². The predicted octanol–water partition coefficient (Wildman–Crippen LogP) is 7.70. The number of rotatable bonds is 13. The Balaban J connectivity index is 2.35. The summed E-state index contributed by atoms with van der Waals surface area (Å²) in [4.78, 5) is 4.78. The van der Waals surface area contributed by atoms with Gasteiger partial charge in [-0.05, 0) is 51.5 Å². The van der Waals surface area contributed by atoms with Crippen molar-refractivity contribution in [3.05, 3.63) is 65.2 Å². The lowest BCUT2D eigenvalue weighted by Gasteiger charge is -2.32. The third-order valence-corrected chi connectivity index (χ3v) is 11.8. The van der Waals surface area contributed by atoms with E-state index in [0.717, 1.165) is 15.8 Å². The standard InChI is InChI=1S/C24H31NO6P2S/c1-5-28-32(26,29-6-2)24(33(27,30-7-3)31-8-4)20(18-19-14-10-9-11-15-19)23-25-21-16-12-13-17-22(21)34-23/h9-18,24H,5-8H2,1-4H3. The Morgan fingerprint density at radius 2 is 1.32 bits per heavy atom. The molecule has 7 nitrogen and oxygen atoms in total. The summed E-state index contributed by atoms with van der Waals surface area (Å²) in [7, 11) is -8.05. The van der Waals surface area contributed by atoms with Crippen molar-refractivity contribution in [1.29, 1.82) is 0 Å². The highest BCUT2D eigenvalue weighted by Crippen LogP contribution is 2.74. The maximum atomic E-state index is 14.3. The van der Waals surface area contributed by atoms with Gasteiger partial charge in [0.2, 0.25) is 0 Å². The van der Waals surface area contributed by atoms with Gasteiger partial charge in [-0.25, -0.2) is 4.98 Å². The van der Waals surface area contributed by atoms with Crippen LogP contribution in [0.1, 0.15) is 38.3 Å². The molecule has 3 rings (SSSR count). The number of aromatic nitrogens is 1. The minimum absolute atomic E-state index is 0.102. The normalized spacial score (nSPS) is 13.1. The molecular weight excluding hydrogens is 492 g/mol. The SMILES string of the molecule is CCOP(=O)(OCC)C(C(=Cc1ccccc1)c1nc2ccccc2s1)P(=O)(OCC)OCC. The van der Waals surface area contributed by atoms with Gasteiger partial charge in [-0.15, -0.1) is 11.3 Å². The zero-order valence-electron chi connectivity index (χ0n) is 19.9. The fourth-order valence-corrected chi connectivity index (χ4v) is 10.2. The van der Waals surface area contributed by atoms with E-state index in [1.165, 1.54) is 11.3 Å². The molecule has 0 amide bonds. The molecule has 3 aromatic rings. The Labute approximate surface area is 205 Å². The molecule has 0 atom stereocenters.